The van der Waals surface area contributed by atoms with Gasteiger partial charge in [0.2, 0.25) is 5.91 Å². The van der Waals surface area contributed by atoms with Crippen LogP contribution < -0.4 is 10.1 Å². The van der Waals surface area contributed by atoms with Crippen molar-refractivity contribution in [1.82, 2.24) is 9.97 Å². The predicted octanol–water partition coefficient (Wildman–Crippen LogP) is 4.63. The molecular formula is C25H27N3O2. The fourth-order valence-corrected chi connectivity index (χ4v) is 3.87. The Balaban J connectivity index is 1.67. The molecular weight excluding hydrogens is 374 g/mol. The number of carbonyl (C=O) groups is 1. The van der Waals surface area contributed by atoms with Crippen molar-refractivity contribution < 1.29 is 9.53 Å². The van der Waals surface area contributed by atoms with Gasteiger partial charge in [0.05, 0.1) is 30.6 Å². The van der Waals surface area contributed by atoms with Gasteiger partial charge in [-0.15, -0.1) is 0 Å². The Kier molecular flexibility index (Phi) is 5.79. The van der Waals surface area contributed by atoms with E-state index in [-0.39, 0.29) is 5.91 Å². The van der Waals surface area contributed by atoms with Crippen molar-refractivity contribution in [3.63, 3.8) is 0 Å². The molecule has 4 rings (SSSR count). The SMILES string of the molecule is COc1ccc2c(c1)CCc1nc(NC(=O)Cc3ccccc3)c(CC(C)C)nc1-2. The van der Waals surface area contributed by atoms with Gasteiger partial charge in [-0.25, -0.2) is 9.97 Å². The summed E-state index contributed by atoms with van der Waals surface area (Å²) in [5.74, 6) is 1.79. The van der Waals surface area contributed by atoms with Crippen molar-refractivity contribution in [3.05, 3.63) is 71.0 Å². The summed E-state index contributed by atoms with van der Waals surface area (Å²) in [6, 6.07) is 15.9. The first-order chi connectivity index (χ1) is 14.5. The minimum atomic E-state index is -0.0681. The largest absolute Gasteiger partial charge is 0.497 e. The van der Waals surface area contributed by atoms with Crippen LogP contribution in [-0.4, -0.2) is 23.0 Å². The molecule has 0 radical (unpaired) electrons. The van der Waals surface area contributed by atoms with Crippen molar-refractivity contribution >= 4 is 11.7 Å². The molecule has 2 aromatic carbocycles. The molecule has 0 spiro atoms. The highest BCUT2D eigenvalue weighted by Gasteiger charge is 2.23. The highest BCUT2D eigenvalue weighted by atomic mass is 16.5. The highest BCUT2D eigenvalue weighted by molar-refractivity contribution is 5.92. The minimum absolute atomic E-state index is 0.0681. The third-order valence-electron chi connectivity index (χ3n) is 5.31. The average Bonchev–Trinajstić information content (AvgIpc) is 2.74. The van der Waals surface area contributed by atoms with Gasteiger partial charge >= 0.3 is 0 Å². The van der Waals surface area contributed by atoms with Gasteiger partial charge in [0.1, 0.15) is 5.75 Å². The predicted molar refractivity (Wildman–Crippen MR) is 119 cm³/mol. The Labute approximate surface area is 177 Å². The van der Waals surface area contributed by atoms with E-state index in [9.17, 15) is 4.79 Å². The monoisotopic (exact) mass is 401 g/mol. The summed E-state index contributed by atoms with van der Waals surface area (Å²) >= 11 is 0. The van der Waals surface area contributed by atoms with Crippen LogP contribution in [0.5, 0.6) is 5.75 Å². The quantitative estimate of drug-likeness (QED) is 0.654. The first-order valence-corrected chi connectivity index (χ1v) is 10.4. The lowest BCUT2D eigenvalue weighted by Crippen LogP contribution is -2.20. The number of nitrogens with zero attached hydrogens (tertiary/aromatic N) is 2. The van der Waals surface area contributed by atoms with E-state index in [0.717, 1.165) is 53.2 Å². The van der Waals surface area contributed by atoms with Crippen molar-refractivity contribution in [2.24, 2.45) is 5.92 Å². The molecule has 5 heteroatoms. The molecule has 154 valence electrons. The van der Waals surface area contributed by atoms with E-state index in [0.29, 0.717) is 18.2 Å². The van der Waals surface area contributed by atoms with Crippen molar-refractivity contribution in [2.75, 3.05) is 12.4 Å². The first kappa shape index (κ1) is 20.1. The van der Waals surface area contributed by atoms with Crippen LogP contribution in [0.3, 0.4) is 0 Å². The maximum atomic E-state index is 12.7. The van der Waals surface area contributed by atoms with Crippen LogP contribution in [0.4, 0.5) is 5.82 Å². The lowest BCUT2D eigenvalue weighted by molar-refractivity contribution is -0.115. The number of benzene rings is 2. The number of carbonyl (C=O) groups excluding carboxylic acids is 1. The number of amides is 1. The smallest absolute Gasteiger partial charge is 0.229 e. The average molecular weight is 402 g/mol. The molecule has 0 fully saturated rings. The summed E-state index contributed by atoms with van der Waals surface area (Å²) in [5.41, 5.74) is 6.03. The first-order valence-electron chi connectivity index (χ1n) is 10.4. The molecule has 5 nitrogen and oxygen atoms in total. The molecule has 30 heavy (non-hydrogen) atoms. The molecule has 1 heterocycles. The summed E-state index contributed by atoms with van der Waals surface area (Å²) < 4.78 is 5.37. The van der Waals surface area contributed by atoms with Crippen molar-refractivity contribution in [3.8, 4) is 17.0 Å². The van der Waals surface area contributed by atoms with E-state index in [1.54, 1.807) is 7.11 Å². The molecule has 1 aliphatic rings. The van der Waals surface area contributed by atoms with Crippen LogP contribution in [-0.2, 0) is 30.5 Å². The van der Waals surface area contributed by atoms with E-state index < -0.39 is 0 Å². The number of nitrogens with one attached hydrogen (secondary N) is 1. The summed E-state index contributed by atoms with van der Waals surface area (Å²) in [7, 11) is 1.68. The molecule has 1 amide bonds. The zero-order valence-electron chi connectivity index (χ0n) is 17.7. The number of methoxy groups -OCH3 is 1. The Hall–Kier alpha value is -3.21. The number of fused-ring (bicyclic) bond motifs is 3. The van der Waals surface area contributed by atoms with Gasteiger partial charge in [0.15, 0.2) is 5.82 Å². The summed E-state index contributed by atoms with van der Waals surface area (Å²) in [5, 5.41) is 3.02. The second kappa shape index (κ2) is 8.66. The van der Waals surface area contributed by atoms with Crippen LogP contribution >= 0.6 is 0 Å². The Bertz CT molecular complexity index is 1060. The van der Waals surface area contributed by atoms with Gasteiger partial charge in [-0.1, -0.05) is 44.2 Å². The number of ether oxygens (including phenoxy) is 1. The van der Waals surface area contributed by atoms with E-state index in [2.05, 4.69) is 31.3 Å². The van der Waals surface area contributed by atoms with Crippen molar-refractivity contribution in [1.29, 1.82) is 0 Å². The molecule has 0 aliphatic heterocycles. The Morgan fingerprint density at radius 1 is 1.10 bits per heavy atom. The van der Waals surface area contributed by atoms with E-state index >= 15 is 0 Å². The number of aromatic nitrogens is 2. The third-order valence-corrected chi connectivity index (χ3v) is 5.31. The number of hydrogen-bond acceptors (Lipinski definition) is 4. The lowest BCUT2D eigenvalue weighted by atomic mass is 9.91. The van der Waals surface area contributed by atoms with Gasteiger partial charge < -0.3 is 10.1 Å². The van der Waals surface area contributed by atoms with Gasteiger partial charge in [-0.3, -0.25) is 4.79 Å². The van der Waals surface area contributed by atoms with E-state index in [1.165, 1.54) is 5.56 Å². The number of hydrogen-bond donors (Lipinski definition) is 1. The number of rotatable bonds is 6. The molecule has 1 N–H and O–H groups in total. The second-order valence-corrected chi connectivity index (χ2v) is 8.15. The maximum absolute atomic E-state index is 12.7. The van der Waals surface area contributed by atoms with E-state index in [4.69, 9.17) is 14.7 Å². The maximum Gasteiger partial charge on any atom is 0.229 e. The summed E-state index contributed by atoms with van der Waals surface area (Å²) in [4.78, 5) is 22.5. The lowest BCUT2D eigenvalue weighted by Gasteiger charge is -2.22. The van der Waals surface area contributed by atoms with Crippen molar-refractivity contribution in [2.45, 2.75) is 39.5 Å². The molecule has 1 aromatic heterocycles. The number of aryl methyl sites for hydroxylation is 2. The molecule has 3 aromatic rings. The van der Waals surface area contributed by atoms with Gasteiger partial charge in [0, 0.05) is 5.56 Å². The summed E-state index contributed by atoms with van der Waals surface area (Å²) in [6.07, 6.45) is 2.76. The van der Waals surface area contributed by atoms with E-state index in [1.807, 2.05) is 36.4 Å². The number of anilines is 1. The Morgan fingerprint density at radius 3 is 2.63 bits per heavy atom. The van der Waals surface area contributed by atoms with Crippen LogP contribution in [0.1, 0.15) is 36.4 Å². The van der Waals surface area contributed by atoms with Gasteiger partial charge in [-0.2, -0.15) is 0 Å². The molecule has 0 saturated carbocycles. The molecule has 0 bridgehead atoms. The van der Waals surface area contributed by atoms with Crippen LogP contribution in [0, 0.1) is 5.92 Å². The minimum Gasteiger partial charge on any atom is -0.497 e. The standard InChI is InChI=1S/C25H27N3O2/c1-16(2)13-22-25(28-23(29)14-17-7-5-4-6-8-17)27-21-12-9-18-15-19(30-3)10-11-20(18)24(21)26-22/h4-8,10-11,15-16H,9,12-14H2,1-3H3,(H,27,28,29). The summed E-state index contributed by atoms with van der Waals surface area (Å²) in [6.45, 7) is 4.30. The van der Waals surface area contributed by atoms with Crippen LogP contribution in [0.15, 0.2) is 48.5 Å². The fraction of sp³-hybridized carbons (Fsp3) is 0.320. The topological polar surface area (TPSA) is 64.1 Å². The fourth-order valence-electron chi connectivity index (χ4n) is 3.87. The zero-order chi connectivity index (χ0) is 21.1. The van der Waals surface area contributed by atoms with Crippen LogP contribution in [0.25, 0.3) is 11.3 Å². The zero-order valence-corrected chi connectivity index (χ0v) is 17.7. The Morgan fingerprint density at radius 2 is 1.90 bits per heavy atom. The second-order valence-electron chi connectivity index (χ2n) is 8.15. The highest BCUT2D eigenvalue weighted by Crippen LogP contribution is 2.35. The molecule has 0 atom stereocenters. The third kappa shape index (κ3) is 4.35. The normalized spacial score (nSPS) is 12.3. The van der Waals surface area contributed by atoms with Gasteiger partial charge in [-0.05, 0) is 54.5 Å². The van der Waals surface area contributed by atoms with Gasteiger partial charge in [0.25, 0.3) is 0 Å². The molecule has 0 saturated heterocycles. The molecule has 1 aliphatic carbocycles. The van der Waals surface area contributed by atoms with Crippen LogP contribution in [0.2, 0.25) is 0 Å². The molecule has 0 unspecified atom stereocenters.